The average Bonchev–Trinajstić information content (AvgIpc) is 2.54. The highest BCUT2D eigenvalue weighted by Gasteiger charge is 2.09. The summed E-state index contributed by atoms with van der Waals surface area (Å²) in [5, 5.41) is 5.75. The number of nitrogens with one attached hydrogen (secondary N) is 2. The number of amides is 1. The summed E-state index contributed by atoms with van der Waals surface area (Å²) < 4.78 is 28.6. The number of rotatable bonds is 8. The third-order valence-electron chi connectivity index (χ3n) is 3.12. The first-order chi connectivity index (χ1) is 11.5. The first-order valence-corrected chi connectivity index (χ1v) is 7.68. The third-order valence-corrected chi connectivity index (χ3v) is 3.12. The van der Waals surface area contributed by atoms with Gasteiger partial charge < -0.3 is 20.3 Å². The lowest BCUT2D eigenvalue weighted by molar-refractivity contribution is -0.120. The van der Waals surface area contributed by atoms with Gasteiger partial charge in [0, 0.05) is 27.2 Å². The summed E-state index contributed by atoms with van der Waals surface area (Å²) in [4.78, 5) is 17.6. The molecule has 0 bridgehead atoms. The minimum absolute atomic E-state index is 0. The van der Waals surface area contributed by atoms with Gasteiger partial charge >= 0.3 is 6.61 Å². The number of carbonyl (C=O) groups excluding carboxylic acids is 1. The summed E-state index contributed by atoms with van der Waals surface area (Å²) in [5.74, 6) is 0.584. The van der Waals surface area contributed by atoms with E-state index in [1.165, 1.54) is 12.1 Å². The quantitative estimate of drug-likeness (QED) is 0.348. The molecule has 1 rings (SSSR count). The van der Waals surface area contributed by atoms with E-state index in [1.807, 2.05) is 18.9 Å². The Morgan fingerprint density at radius 1 is 1.28 bits per heavy atom. The van der Waals surface area contributed by atoms with Crippen LogP contribution in [0.5, 0.6) is 5.75 Å². The van der Waals surface area contributed by atoms with E-state index in [4.69, 9.17) is 0 Å². The number of nitrogens with zero attached hydrogens (tertiary/aromatic N) is 2. The van der Waals surface area contributed by atoms with Crippen molar-refractivity contribution in [1.82, 2.24) is 15.5 Å². The number of halogens is 3. The van der Waals surface area contributed by atoms with E-state index in [0.29, 0.717) is 19.0 Å². The molecule has 0 spiro atoms. The Bertz CT molecular complexity index is 541. The number of hydrogen-bond acceptors (Lipinski definition) is 3. The predicted octanol–water partition coefficient (Wildman–Crippen LogP) is 2.44. The van der Waals surface area contributed by atoms with E-state index >= 15 is 0 Å². The van der Waals surface area contributed by atoms with Crippen molar-refractivity contribution in [2.75, 3.05) is 27.2 Å². The number of ether oxygens (including phenoxy) is 1. The van der Waals surface area contributed by atoms with Gasteiger partial charge in [-0.15, -0.1) is 24.0 Å². The minimum atomic E-state index is -2.83. The maximum Gasteiger partial charge on any atom is 0.387 e. The van der Waals surface area contributed by atoms with Crippen LogP contribution in [0.3, 0.4) is 0 Å². The molecule has 1 amide bonds. The Kier molecular flexibility index (Phi) is 11.8. The number of aliphatic imine (C=N–C) groups is 1. The molecule has 0 aliphatic heterocycles. The Hall–Kier alpha value is -1.65. The molecule has 6 nitrogen and oxygen atoms in total. The van der Waals surface area contributed by atoms with Crippen molar-refractivity contribution in [2.45, 2.75) is 26.5 Å². The second-order valence-electron chi connectivity index (χ2n) is 5.13. The molecule has 0 saturated carbocycles. The molecule has 0 aromatic heterocycles. The Morgan fingerprint density at radius 2 is 1.92 bits per heavy atom. The van der Waals surface area contributed by atoms with Gasteiger partial charge in [0.1, 0.15) is 5.75 Å². The van der Waals surface area contributed by atoms with E-state index in [9.17, 15) is 13.6 Å². The molecule has 9 heteroatoms. The van der Waals surface area contributed by atoms with Crippen LogP contribution in [0.1, 0.15) is 18.9 Å². The Balaban J connectivity index is 0.00000576. The van der Waals surface area contributed by atoms with Crippen LogP contribution < -0.4 is 15.4 Å². The summed E-state index contributed by atoms with van der Waals surface area (Å²) in [6.07, 6.45) is 0.881. The van der Waals surface area contributed by atoms with Crippen molar-refractivity contribution < 1.29 is 18.3 Å². The minimum Gasteiger partial charge on any atom is -0.435 e. The van der Waals surface area contributed by atoms with Crippen molar-refractivity contribution in [2.24, 2.45) is 4.99 Å². The second kappa shape index (κ2) is 12.7. The largest absolute Gasteiger partial charge is 0.435 e. The third kappa shape index (κ3) is 9.42. The van der Waals surface area contributed by atoms with Gasteiger partial charge in [-0.2, -0.15) is 8.78 Å². The van der Waals surface area contributed by atoms with E-state index in [0.717, 1.165) is 12.0 Å². The number of hydrogen-bond donors (Lipinski definition) is 2. The Morgan fingerprint density at radius 3 is 2.44 bits per heavy atom. The average molecular weight is 470 g/mol. The normalized spacial score (nSPS) is 10.9. The van der Waals surface area contributed by atoms with Gasteiger partial charge in [0.2, 0.25) is 5.91 Å². The number of carbonyl (C=O) groups is 1. The molecule has 0 atom stereocenters. The summed E-state index contributed by atoms with van der Waals surface area (Å²) in [7, 11) is 3.45. The fraction of sp³-hybridized carbons (Fsp3) is 0.500. The molecule has 0 radical (unpaired) electrons. The molecule has 0 aliphatic rings. The van der Waals surface area contributed by atoms with Crippen LogP contribution in [0.25, 0.3) is 0 Å². The van der Waals surface area contributed by atoms with E-state index in [-0.39, 0.29) is 42.2 Å². The standard InChI is InChI=1S/C16H24F2N4O2.HI/c1-4-9-20-14(23)10-21-16(19-2)22(3)11-12-5-7-13(8-6-12)24-15(17)18;/h5-8,15H,4,9-11H2,1-3H3,(H,19,21)(H,20,23);1H. The van der Waals surface area contributed by atoms with Crippen LogP contribution in [0.4, 0.5) is 8.78 Å². The lowest BCUT2D eigenvalue weighted by Crippen LogP contribution is -2.43. The number of guanidine groups is 1. The molecule has 1 aromatic carbocycles. The van der Waals surface area contributed by atoms with Crippen molar-refractivity contribution in [3.63, 3.8) is 0 Å². The fourth-order valence-electron chi connectivity index (χ4n) is 2.00. The number of benzene rings is 1. The second-order valence-corrected chi connectivity index (χ2v) is 5.13. The molecule has 0 saturated heterocycles. The highest BCUT2D eigenvalue weighted by atomic mass is 127. The molecule has 0 aliphatic carbocycles. The highest BCUT2D eigenvalue weighted by molar-refractivity contribution is 14.0. The van der Waals surface area contributed by atoms with Crippen molar-refractivity contribution in [3.8, 4) is 5.75 Å². The highest BCUT2D eigenvalue weighted by Crippen LogP contribution is 2.15. The van der Waals surface area contributed by atoms with E-state index in [2.05, 4.69) is 20.4 Å². The van der Waals surface area contributed by atoms with Crippen LogP contribution in [0.15, 0.2) is 29.3 Å². The maximum atomic E-state index is 12.1. The van der Waals surface area contributed by atoms with Crippen molar-refractivity contribution >= 4 is 35.8 Å². The van der Waals surface area contributed by atoms with Crippen molar-refractivity contribution in [1.29, 1.82) is 0 Å². The van der Waals surface area contributed by atoms with Crippen LogP contribution in [0, 0.1) is 0 Å². The molecule has 2 N–H and O–H groups in total. The van der Waals surface area contributed by atoms with Gasteiger partial charge in [0.05, 0.1) is 6.54 Å². The first-order valence-electron chi connectivity index (χ1n) is 7.68. The molecule has 142 valence electrons. The van der Waals surface area contributed by atoms with Crippen LogP contribution in [-0.2, 0) is 11.3 Å². The first kappa shape index (κ1) is 23.4. The van der Waals surface area contributed by atoms with Crippen LogP contribution in [0.2, 0.25) is 0 Å². The molecular weight excluding hydrogens is 445 g/mol. The van der Waals surface area contributed by atoms with Crippen molar-refractivity contribution in [3.05, 3.63) is 29.8 Å². The van der Waals surface area contributed by atoms with E-state index in [1.54, 1.807) is 19.2 Å². The molecule has 1 aromatic rings. The monoisotopic (exact) mass is 470 g/mol. The fourth-order valence-corrected chi connectivity index (χ4v) is 2.00. The SMILES string of the molecule is CCCNC(=O)CNC(=NC)N(C)Cc1ccc(OC(F)F)cc1.I. The molecule has 0 unspecified atom stereocenters. The topological polar surface area (TPSA) is 66.0 Å². The van der Waals surface area contributed by atoms with Crippen LogP contribution >= 0.6 is 24.0 Å². The van der Waals surface area contributed by atoms with Gasteiger partial charge in [-0.25, -0.2) is 0 Å². The maximum absolute atomic E-state index is 12.1. The number of alkyl halides is 2. The predicted molar refractivity (Wildman–Crippen MR) is 105 cm³/mol. The van der Waals surface area contributed by atoms with Gasteiger partial charge in [-0.3, -0.25) is 9.79 Å². The van der Waals surface area contributed by atoms with Gasteiger partial charge in [0.25, 0.3) is 0 Å². The molecule has 25 heavy (non-hydrogen) atoms. The summed E-state index contributed by atoms with van der Waals surface area (Å²) >= 11 is 0. The summed E-state index contributed by atoms with van der Waals surface area (Å²) in [6, 6.07) is 6.39. The molecule has 0 heterocycles. The summed E-state index contributed by atoms with van der Waals surface area (Å²) in [6.45, 7) is 0.434. The zero-order chi connectivity index (χ0) is 17.9. The molecular formula is C16H25F2IN4O2. The lowest BCUT2D eigenvalue weighted by Gasteiger charge is -2.22. The lowest BCUT2D eigenvalue weighted by atomic mass is 10.2. The van der Waals surface area contributed by atoms with Crippen LogP contribution in [-0.4, -0.2) is 50.6 Å². The van der Waals surface area contributed by atoms with Gasteiger partial charge in [0.15, 0.2) is 5.96 Å². The van der Waals surface area contributed by atoms with Gasteiger partial charge in [-0.1, -0.05) is 19.1 Å². The van der Waals surface area contributed by atoms with Gasteiger partial charge in [-0.05, 0) is 24.1 Å². The Labute approximate surface area is 164 Å². The van der Waals surface area contributed by atoms with E-state index < -0.39 is 6.61 Å². The smallest absolute Gasteiger partial charge is 0.387 e. The summed E-state index contributed by atoms with van der Waals surface area (Å²) in [5.41, 5.74) is 0.900. The zero-order valence-corrected chi connectivity index (χ0v) is 16.9. The molecule has 0 fully saturated rings. The zero-order valence-electron chi connectivity index (χ0n) is 14.6.